The van der Waals surface area contributed by atoms with Gasteiger partial charge in [-0.25, -0.2) is 13.6 Å². The van der Waals surface area contributed by atoms with Crippen LogP contribution in [-0.2, 0) is 14.8 Å². The van der Waals surface area contributed by atoms with E-state index in [2.05, 4.69) is 15.5 Å². The minimum absolute atomic E-state index is 0.0377. The number of sulfonamides is 1. The Morgan fingerprint density at radius 1 is 1.09 bits per heavy atom. The Labute approximate surface area is 190 Å². The summed E-state index contributed by atoms with van der Waals surface area (Å²) >= 11 is 0. The largest absolute Gasteiger partial charge is 0.379 e. The van der Waals surface area contributed by atoms with E-state index in [1.54, 1.807) is 12.1 Å². The van der Waals surface area contributed by atoms with Crippen LogP contribution >= 0.6 is 0 Å². The van der Waals surface area contributed by atoms with E-state index in [4.69, 9.17) is 10.9 Å². The predicted octanol–water partition coefficient (Wildman–Crippen LogP) is 1.38. The summed E-state index contributed by atoms with van der Waals surface area (Å²) in [6, 6.07) is 8.10. The summed E-state index contributed by atoms with van der Waals surface area (Å²) in [6.45, 7) is 1.70. The maximum Gasteiger partial charge on any atom is 0.293 e. The predicted molar refractivity (Wildman–Crippen MR) is 123 cm³/mol. The first-order valence-electron chi connectivity index (χ1n) is 10.1. The summed E-state index contributed by atoms with van der Waals surface area (Å²) in [4.78, 5) is 36.4. The van der Waals surface area contributed by atoms with Crippen LogP contribution in [0, 0.1) is 10.1 Å². The number of nitro groups is 1. The third-order valence-corrected chi connectivity index (χ3v) is 6.07. The highest BCUT2D eigenvalue weighted by atomic mass is 32.2. The van der Waals surface area contributed by atoms with Crippen LogP contribution in [0.1, 0.15) is 29.6 Å². The van der Waals surface area contributed by atoms with Gasteiger partial charge < -0.3 is 21.3 Å². The Morgan fingerprint density at radius 2 is 1.79 bits per heavy atom. The molecule has 0 spiro atoms. The normalized spacial score (nSPS) is 13.5. The van der Waals surface area contributed by atoms with Gasteiger partial charge in [-0.05, 0) is 43.2 Å². The molecule has 12 nitrogen and oxygen atoms in total. The third-order valence-electron chi connectivity index (χ3n) is 5.16. The van der Waals surface area contributed by atoms with Gasteiger partial charge in [0.25, 0.3) is 5.69 Å². The summed E-state index contributed by atoms with van der Waals surface area (Å²) in [5, 5.41) is 21.9. The van der Waals surface area contributed by atoms with E-state index in [9.17, 15) is 28.1 Å². The molecule has 3 rings (SSSR count). The van der Waals surface area contributed by atoms with E-state index in [0.29, 0.717) is 5.69 Å². The Morgan fingerprint density at radius 3 is 2.39 bits per heavy atom. The number of carbonyl (C=O) groups excluding carboxylic acids is 2. The number of primary amides is 1. The standard InChI is InChI=1S/C20H24N6O6S/c21-20(28)13-3-6-17(25-9-1-2-10-25)16(11-13)24-19(27)7-8-23-15-5-4-14(33(22,31)32)12-18(15)26(29)30/h3-6,11-12,23H,1-2,7-10H2,(H2,21,28)(H,24,27)(H2,22,31,32). The molecular formula is C20H24N6O6S. The lowest BCUT2D eigenvalue weighted by molar-refractivity contribution is -0.384. The Balaban J connectivity index is 1.69. The highest BCUT2D eigenvalue weighted by molar-refractivity contribution is 7.89. The second kappa shape index (κ2) is 9.83. The van der Waals surface area contributed by atoms with Crippen LogP contribution in [0.3, 0.4) is 0 Å². The number of amides is 2. The minimum atomic E-state index is -4.10. The van der Waals surface area contributed by atoms with Crippen molar-refractivity contribution in [2.75, 3.05) is 35.2 Å². The van der Waals surface area contributed by atoms with E-state index >= 15 is 0 Å². The molecule has 176 valence electrons. The first-order valence-corrected chi connectivity index (χ1v) is 11.6. The average Bonchev–Trinajstić information content (AvgIpc) is 3.27. The number of nitro benzene ring substituents is 1. The number of nitrogens with two attached hydrogens (primary N) is 2. The second-order valence-electron chi connectivity index (χ2n) is 7.50. The summed E-state index contributed by atoms with van der Waals surface area (Å²) in [6.07, 6.45) is 2.00. The van der Waals surface area contributed by atoms with Gasteiger partial charge in [0.2, 0.25) is 21.8 Å². The zero-order chi connectivity index (χ0) is 24.2. The third kappa shape index (κ3) is 5.96. The van der Waals surface area contributed by atoms with Crippen molar-refractivity contribution in [2.24, 2.45) is 10.9 Å². The van der Waals surface area contributed by atoms with Crippen molar-refractivity contribution in [1.82, 2.24) is 0 Å². The Bertz CT molecular complexity index is 1190. The van der Waals surface area contributed by atoms with Crippen LogP contribution in [0.25, 0.3) is 0 Å². The fourth-order valence-corrected chi connectivity index (χ4v) is 4.07. The van der Waals surface area contributed by atoms with Gasteiger partial charge in [-0.15, -0.1) is 0 Å². The van der Waals surface area contributed by atoms with E-state index in [1.165, 1.54) is 12.1 Å². The van der Waals surface area contributed by atoms with Gasteiger partial charge in [-0.1, -0.05) is 0 Å². The van der Waals surface area contributed by atoms with Crippen molar-refractivity contribution in [3.05, 3.63) is 52.1 Å². The average molecular weight is 477 g/mol. The fraction of sp³-hybridized carbons (Fsp3) is 0.300. The quantitative estimate of drug-likeness (QED) is 0.308. The number of hydrogen-bond acceptors (Lipinski definition) is 8. The number of primary sulfonamides is 1. The fourth-order valence-electron chi connectivity index (χ4n) is 3.54. The van der Waals surface area contributed by atoms with E-state index in [1.807, 2.05) is 0 Å². The van der Waals surface area contributed by atoms with Crippen molar-refractivity contribution < 1.29 is 22.9 Å². The van der Waals surface area contributed by atoms with Gasteiger partial charge in [-0.3, -0.25) is 19.7 Å². The van der Waals surface area contributed by atoms with Crippen LogP contribution < -0.4 is 26.4 Å². The van der Waals surface area contributed by atoms with Crippen LogP contribution in [0.2, 0.25) is 0 Å². The molecule has 0 aliphatic carbocycles. The first-order chi connectivity index (χ1) is 15.6. The summed E-state index contributed by atoms with van der Waals surface area (Å²) in [7, 11) is -4.10. The number of hydrogen-bond donors (Lipinski definition) is 4. The van der Waals surface area contributed by atoms with Crippen molar-refractivity contribution in [3.63, 3.8) is 0 Å². The van der Waals surface area contributed by atoms with Crippen molar-refractivity contribution >= 4 is 44.6 Å². The molecule has 0 radical (unpaired) electrons. The van der Waals surface area contributed by atoms with Crippen LogP contribution in [-0.4, -0.2) is 44.8 Å². The summed E-state index contributed by atoms with van der Waals surface area (Å²) in [5.41, 5.74) is 6.44. The molecule has 2 amide bonds. The Kier molecular flexibility index (Phi) is 7.13. The number of anilines is 3. The van der Waals surface area contributed by atoms with Crippen molar-refractivity contribution in [2.45, 2.75) is 24.2 Å². The number of nitrogens with zero attached hydrogens (tertiary/aromatic N) is 2. The molecule has 0 unspecified atom stereocenters. The molecule has 33 heavy (non-hydrogen) atoms. The van der Waals surface area contributed by atoms with E-state index in [0.717, 1.165) is 43.8 Å². The molecule has 0 atom stereocenters. The van der Waals surface area contributed by atoms with Gasteiger partial charge in [0.1, 0.15) is 5.69 Å². The van der Waals surface area contributed by atoms with Crippen LogP contribution in [0.4, 0.5) is 22.7 Å². The topological polar surface area (TPSA) is 191 Å². The molecule has 1 heterocycles. The Hall–Kier alpha value is -3.71. The number of nitrogens with one attached hydrogen (secondary N) is 2. The highest BCUT2D eigenvalue weighted by Crippen LogP contribution is 2.30. The van der Waals surface area contributed by atoms with Crippen LogP contribution in [0.15, 0.2) is 41.3 Å². The van der Waals surface area contributed by atoms with Crippen molar-refractivity contribution in [3.8, 4) is 0 Å². The minimum Gasteiger partial charge on any atom is -0.379 e. The van der Waals surface area contributed by atoms with Crippen LogP contribution in [0.5, 0.6) is 0 Å². The molecule has 0 saturated carbocycles. The molecule has 1 saturated heterocycles. The SMILES string of the molecule is NC(=O)c1ccc(N2CCCC2)c(NC(=O)CCNc2ccc(S(N)(=O)=O)cc2[N+](=O)[O-])c1. The molecule has 0 bridgehead atoms. The molecule has 2 aromatic rings. The maximum absolute atomic E-state index is 12.5. The van der Waals surface area contributed by atoms with Gasteiger partial charge in [0.15, 0.2) is 0 Å². The van der Waals surface area contributed by atoms with Gasteiger partial charge in [0, 0.05) is 37.7 Å². The van der Waals surface area contributed by atoms with E-state index < -0.39 is 26.5 Å². The molecule has 1 aliphatic rings. The maximum atomic E-state index is 12.5. The number of carbonyl (C=O) groups is 2. The first kappa shape index (κ1) is 23.9. The molecule has 6 N–H and O–H groups in total. The monoisotopic (exact) mass is 476 g/mol. The molecule has 1 fully saturated rings. The lowest BCUT2D eigenvalue weighted by atomic mass is 10.1. The molecule has 2 aromatic carbocycles. The number of benzene rings is 2. The molecule has 1 aliphatic heterocycles. The van der Waals surface area contributed by atoms with Gasteiger partial charge >= 0.3 is 0 Å². The zero-order valence-electron chi connectivity index (χ0n) is 17.6. The van der Waals surface area contributed by atoms with Gasteiger partial charge in [-0.2, -0.15) is 0 Å². The lowest BCUT2D eigenvalue weighted by Gasteiger charge is -2.22. The lowest BCUT2D eigenvalue weighted by Crippen LogP contribution is -2.23. The molecular weight excluding hydrogens is 452 g/mol. The van der Waals surface area contributed by atoms with Gasteiger partial charge in [0.05, 0.1) is 21.2 Å². The molecule has 0 aromatic heterocycles. The zero-order valence-corrected chi connectivity index (χ0v) is 18.4. The number of rotatable bonds is 9. The second-order valence-corrected chi connectivity index (χ2v) is 9.06. The van der Waals surface area contributed by atoms with E-state index in [-0.39, 0.29) is 35.0 Å². The van der Waals surface area contributed by atoms with Crippen molar-refractivity contribution in [1.29, 1.82) is 0 Å². The summed E-state index contributed by atoms with van der Waals surface area (Å²) in [5.74, 6) is -0.997. The summed E-state index contributed by atoms with van der Waals surface area (Å²) < 4.78 is 22.9. The smallest absolute Gasteiger partial charge is 0.293 e. The molecule has 13 heteroatoms. The highest BCUT2D eigenvalue weighted by Gasteiger charge is 2.20.